The highest BCUT2D eigenvalue weighted by molar-refractivity contribution is 7.09. The zero-order valence-electron chi connectivity index (χ0n) is 8.49. The molecule has 13 heavy (non-hydrogen) atoms. The van der Waals surface area contributed by atoms with Gasteiger partial charge in [-0.1, -0.05) is 26.3 Å². The van der Waals surface area contributed by atoms with Gasteiger partial charge in [-0.3, -0.25) is 0 Å². The van der Waals surface area contributed by atoms with Gasteiger partial charge in [0.05, 0.1) is 0 Å². The molecule has 0 fully saturated rings. The van der Waals surface area contributed by atoms with Gasteiger partial charge in [-0.05, 0) is 30.2 Å². The van der Waals surface area contributed by atoms with Crippen molar-refractivity contribution in [2.45, 2.75) is 39.2 Å². The Morgan fingerprint density at radius 1 is 1.54 bits per heavy atom. The fourth-order valence-electron chi connectivity index (χ4n) is 1.45. The Hall–Kier alpha value is -0.340. The van der Waals surface area contributed by atoms with Crippen LogP contribution in [0.25, 0.3) is 0 Å². The molecule has 1 aromatic heterocycles. The van der Waals surface area contributed by atoms with Crippen molar-refractivity contribution in [3.8, 4) is 0 Å². The zero-order chi connectivity index (χ0) is 9.68. The van der Waals surface area contributed by atoms with Gasteiger partial charge in [-0.2, -0.15) is 0 Å². The predicted octanol–water partition coefficient (Wildman–Crippen LogP) is 3.05. The van der Waals surface area contributed by atoms with E-state index < -0.39 is 0 Å². The van der Waals surface area contributed by atoms with E-state index in [0.29, 0.717) is 6.04 Å². The molecule has 0 radical (unpaired) electrons. The van der Waals surface area contributed by atoms with Crippen LogP contribution in [-0.2, 0) is 6.42 Å². The number of thiophene rings is 1. The van der Waals surface area contributed by atoms with Crippen LogP contribution in [0.2, 0.25) is 0 Å². The van der Waals surface area contributed by atoms with E-state index in [9.17, 15) is 0 Å². The van der Waals surface area contributed by atoms with Crippen LogP contribution < -0.4 is 5.73 Å². The van der Waals surface area contributed by atoms with Crippen molar-refractivity contribution in [1.29, 1.82) is 0 Å². The van der Waals surface area contributed by atoms with E-state index in [1.54, 1.807) is 11.3 Å². The summed E-state index contributed by atoms with van der Waals surface area (Å²) in [5.41, 5.74) is 6.05. The molecule has 2 atom stereocenters. The van der Waals surface area contributed by atoms with Gasteiger partial charge in [-0.25, -0.2) is 0 Å². The maximum Gasteiger partial charge on any atom is 0.00897 e. The first-order valence-corrected chi connectivity index (χ1v) is 5.88. The number of hydrogen-bond donors (Lipinski definition) is 1. The SMILES string of the molecule is CCC(C)CC(N)Cc1cccs1. The van der Waals surface area contributed by atoms with Crippen molar-refractivity contribution in [1.82, 2.24) is 0 Å². The predicted molar refractivity (Wildman–Crippen MR) is 60.1 cm³/mol. The van der Waals surface area contributed by atoms with E-state index in [1.807, 2.05) is 0 Å². The Morgan fingerprint density at radius 3 is 2.85 bits per heavy atom. The van der Waals surface area contributed by atoms with Crippen molar-refractivity contribution in [3.05, 3.63) is 22.4 Å². The van der Waals surface area contributed by atoms with E-state index in [0.717, 1.165) is 18.8 Å². The Labute approximate surface area is 85.0 Å². The van der Waals surface area contributed by atoms with Crippen LogP contribution in [0.5, 0.6) is 0 Å². The summed E-state index contributed by atoms with van der Waals surface area (Å²) in [7, 11) is 0. The van der Waals surface area contributed by atoms with E-state index in [-0.39, 0.29) is 0 Å². The lowest BCUT2D eigenvalue weighted by Crippen LogP contribution is -2.24. The molecule has 0 aliphatic rings. The summed E-state index contributed by atoms with van der Waals surface area (Å²) in [6, 6.07) is 4.60. The molecule has 0 bridgehead atoms. The van der Waals surface area contributed by atoms with Gasteiger partial charge in [0, 0.05) is 10.9 Å². The third kappa shape index (κ3) is 3.92. The molecular formula is C11H19NS. The van der Waals surface area contributed by atoms with Gasteiger partial charge in [0.15, 0.2) is 0 Å². The van der Waals surface area contributed by atoms with Gasteiger partial charge in [0.25, 0.3) is 0 Å². The maximum atomic E-state index is 6.05. The third-order valence-corrected chi connectivity index (χ3v) is 3.34. The first kappa shape index (κ1) is 10.7. The van der Waals surface area contributed by atoms with Crippen LogP contribution in [-0.4, -0.2) is 6.04 Å². The minimum atomic E-state index is 0.341. The van der Waals surface area contributed by atoms with Crippen molar-refractivity contribution in [2.24, 2.45) is 11.7 Å². The Morgan fingerprint density at radius 2 is 2.31 bits per heavy atom. The average Bonchev–Trinajstić information content (AvgIpc) is 2.56. The van der Waals surface area contributed by atoms with Crippen molar-refractivity contribution >= 4 is 11.3 Å². The summed E-state index contributed by atoms with van der Waals surface area (Å²) in [6.07, 6.45) is 3.43. The molecule has 1 aromatic rings. The summed E-state index contributed by atoms with van der Waals surface area (Å²) >= 11 is 1.81. The topological polar surface area (TPSA) is 26.0 Å². The second-order valence-electron chi connectivity index (χ2n) is 3.79. The molecule has 2 N–H and O–H groups in total. The summed E-state index contributed by atoms with van der Waals surface area (Å²) in [5.74, 6) is 0.759. The quantitative estimate of drug-likeness (QED) is 0.771. The monoisotopic (exact) mass is 197 g/mol. The van der Waals surface area contributed by atoms with Crippen LogP contribution in [0.15, 0.2) is 17.5 Å². The number of hydrogen-bond acceptors (Lipinski definition) is 2. The Kier molecular flexibility index (Phi) is 4.46. The molecule has 1 rings (SSSR count). The lowest BCUT2D eigenvalue weighted by atomic mass is 9.98. The summed E-state index contributed by atoms with van der Waals surface area (Å²) in [5, 5.41) is 2.12. The summed E-state index contributed by atoms with van der Waals surface area (Å²) in [4.78, 5) is 1.41. The van der Waals surface area contributed by atoms with Gasteiger partial charge >= 0.3 is 0 Å². The molecule has 0 spiro atoms. The molecule has 2 unspecified atom stereocenters. The third-order valence-electron chi connectivity index (χ3n) is 2.45. The highest BCUT2D eigenvalue weighted by Gasteiger charge is 2.08. The van der Waals surface area contributed by atoms with Gasteiger partial charge in [0.2, 0.25) is 0 Å². The standard InChI is InChI=1S/C11H19NS/c1-3-9(2)7-10(12)8-11-5-4-6-13-11/h4-6,9-10H,3,7-8,12H2,1-2H3. The first-order valence-electron chi connectivity index (χ1n) is 5.00. The maximum absolute atomic E-state index is 6.05. The molecular weight excluding hydrogens is 178 g/mol. The fourth-order valence-corrected chi connectivity index (χ4v) is 2.25. The molecule has 74 valence electrons. The first-order chi connectivity index (χ1) is 6.22. The van der Waals surface area contributed by atoms with Gasteiger partial charge < -0.3 is 5.73 Å². The smallest absolute Gasteiger partial charge is 0.00897 e. The lowest BCUT2D eigenvalue weighted by molar-refractivity contribution is 0.451. The zero-order valence-corrected chi connectivity index (χ0v) is 9.31. The second-order valence-corrected chi connectivity index (χ2v) is 4.82. The summed E-state index contributed by atoms with van der Waals surface area (Å²) in [6.45, 7) is 4.50. The molecule has 1 heterocycles. The number of nitrogens with two attached hydrogens (primary N) is 1. The second kappa shape index (κ2) is 5.40. The van der Waals surface area contributed by atoms with Gasteiger partial charge in [-0.15, -0.1) is 11.3 Å². The lowest BCUT2D eigenvalue weighted by Gasteiger charge is -2.14. The Bertz CT molecular complexity index is 218. The molecule has 0 amide bonds. The molecule has 0 aromatic carbocycles. The van der Waals surface area contributed by atoms with Gasteiger partial charge in [0.1, 0.15) is 0 Å². The highest BCUT2D eigenvalue weighted by atomic mass is 32.1. The van der Waals surface area contributed by atoms with Crippen molar-refractivity contribution < 1.29 is 0 Å². The van der Waals surface area contributed by atoms with Crippen LogP contribution >= 0.6 is 11.3 Å². The van der Waals surface area contributed by atoms with E-state index in [2.05, 4.69) is 31.4 Å². The molecule has 0 saturated heterocycles. The Balaban J connectivity index is 2.29. The van der Waals surface area contributed by atoms with E-state index in [4.69, 9.17) is 5.73 Å². The number of rotatable bonds is 5. The minimum Gasteiger partial charge on any atom is -0.327 e. The molecule has 2 heteroatoms. The van der Waals surface area contributed by atoms with Crippen LogP contribution in [0.3, 0.4) is 0 Å². The minimum absolute atomic E-state index is 0.341. The molecule has 0 aliphatic heterocycles. The van der Waals surface area contributed by atoms with Crippen molar-refractivity contribution in [2.75, 3.05) is 0 Å². The normalized spacial score (nSPS) is 15.6. The average molecular weight is 197 g/mol. The van der Waals surface area contributed by atoms with E-state index in [1.165, 1.54) is 11.3 Å². The van der Waals surface area contributed by atoms with Crippen LogP contribution in [0.4, 0.5) is 0 Å². The van der Waals surface area contributed by atoms with Crippen LogP contribution in [0.1, 0.15) is 31.6 Å². The summed E-state index contributed by atoms with van der Waals surface area (Å²) < 4.78 is 0. The largest absolute Gasteiger partial charge is 0.327 e. The fraction of sp³-hybridized carbons (Fsp3) is 0.636. The van der Waals surface area contributed by atoms with Crippen molar-refractivity contribution in [3.63, 3.8) is 0 Å². The molecule has 0 saturated carbocycles. The highest BCUT2D eigenvalue weighted by Crippen LogP contribution is 2.15. The molecule has 1 nitrogen and oxygen atoms in total. The van der Waals surface area contributed by atoms with Crippen LogP contribution in [0, 0.1) is 5.92 Å². The molecule has 0 aliphatic carbocycles. The van der Waals surface area contributed by atoms with E-state index >= 15 is 0 Å².